The van der Waals surface area contributed by atoms with E-state index in [1.165, 1.54) is 25.8 Å². The van der Waals surface area contributed by atoms with E-state index in [1.54, 1.807) is 0 Å². The number of anilines is 1. The van der Waals surface area contributed by atoms with E-state index in [9.17, 15) is 0 Å². The topological polar surface area (TPSA) is 7.12 Å². The molecule has 1 atom stereocenters. The van der Waals surface area contributed by atoms with Crippen LogP contribution in [-0.2, 0) is 6.54 Å². The Morgan fingerprint density at radius 3 is 2.72 bits per heavy atom. The summed E-state index contributed by atoms with van der Waals surface area (Å²) in [5.74, 6) is 0. The summed E-state index contributed by atoms with van der Waals surface area (Å²) >= 11 is 3.87. The van der Waals surface area contributed by atoms with Crippen LogP contribution in [0.25, 0.3) is 16.3 Å². The van der Waals surface area contributed by atoms with E-state index in [2.05, 4.69) is 84.0 Å². The second kappa shape index (κ2) is 7.22. The summed E-state index contributed by atoms with van der Waals surface area (Å²) in [7, 11) is 0. The second-order valence-electron chi connectivity index (χ2n) is 6.12. The van der Waals surface area contributed by atoms with Crippen molar-refractivity contribution in [2.45, 2.75) is 37.1 Å². The largest absolute Gasteiger partial charge is 0.358 e. The van der Waals surface area contributed by atoms with Gasteiger partial charge in [0.2, 0.25) is 5.52 Å². The van der Waals surface area contributed by atoms with E-state index in [4.69, 9.17) is 0 Å². The molecule has 25 heavy (non-hydrogen) atoms. The normalized spacial score (nSPS) is 16.9. The molecular formula is C21H23N2S2+. The first-order chi connectivity index (χ1) is 12.3. The first kappa shape index (κ1) is 16.7. The van der Waals surface area contributed by atoms with Crippen LogP contribution in [-0.4, -0.2) is 11.9 Å². The Hall–Kier alpha value is -1.78. The molecule has 0 amide bonds. The lowest BCUT2D eigenvalue weighted by molar-refractivity contribution is -0.665. The van der Waals surface area contributed by atoms with Crippen molar-refractivity contribution in [1.29, 1.82) is 0 Å². The van der Waals surface area contributed by atoms with Gasteiger partial charge in [0.25, 0.3) is 5.01 Å². The summed E-state index contributed by atoms with van der Waals surface area (Å²) in [5.41, 5.74) is 2.73. The average Bonchev–Trinajstić information content (AvgIpc) is 3.18. The van der Waals surface area contributed by atoms with Gasteiger partial charge in [0.05, 0.1) is 11.1 Å². The van der Waals surface area contributed by atoms with Gasteiger partial charge in [-0.1, -0.05) is 53.4 Å². The molecule has 2 heterocycles. The molecule has 0 bridgehead atoms. The lowest BCUT2D eigenvalue weighted by atomic mass is 10.2. The van der Waals surface area contributed by atoms with Crippen molar-refractivity contribution in [2.75, 3.05) is 11.4 Å². The van der Waals surface area contributed by atoms with Crippen molar-refractivity contribution in [3.8, 4) is 0 Å². The maximum absolute atomic E-state index is 2.52. The SMILES string of the molecule is CCN1c2ccccc2SC1CC=Cc1sc2ccccc2[n+]1CC. The summed E-state index contributed by atoms with van der Waals surface area (Å²) in [4.78, 5) is 3.93. The minimum Gasteiger partial charge on any atom is -0.358 e. The molecule has 1 aromatic heterocycles. The number of nitrogens with zero attached hydrogens (tertiary/aromatic N) is 2. The van der Waals surface area contributed by atoms with E-state index in [-0.39, 0.29) is 0 Å². The molecule has 2 aromatic carbocycles. The standard InChI is InChI=1S/C21H23N2S2/c1-3-22-16-10-5-7-12-18(16)24-20(22)14-9-15-21-23(4-2)17-11-6-8-13-19(17)25-21/h5-14,21H,3-4,15H2,1-2H3/q+1. The molecule has 2 nitrogen and oxygen atoms in total. The van der Waals surface area contributed by atoms with Crippen LogP contribution in [0.15, 0.2) is 59.5 Å². The molecule has 0 aliphatic carbocycles. The molecule has 0 saturated heterocycles. The summed E-state index contributed by atoms with van der Waals surface area (Å²) in [6, 6.07) is 17.4. The molecule has 128 valence electrons. The number of benzene rings is 2. The minimum absolute atomic E-state index is 0.503. The van der Waals surface area contributed by atoms with Gasteiger partial charge in [-0.2, -0.15) is 4.57 Å². The first-order valence-electron chi connectivity index (χ1n) is 8.92. The molecule has 0 N–H and O–H groups in total. The van der Waals surface area contributed by atoms with Crippen LogP contribution in [0.5, 0.6) is 0 Å². The minimum atomic E-state index is 0.503. The van der Waals surface area contributed by atoms with Crippen molar-refractivity contribution in [1.82, 2.24) is 0 Å². The quantitative estimate of drug-likeness (QED) is 0.544. The number of aromatic nitrogens is 1. The Kier molecular flexibility index (Phi) is 4.82. The maximum Gasteiger partial charge on any atom is 0.262 e. The number of thioether (sulfide) groups is 1. The summed E-state index contributed by atoms with van der Waals surface area (Å²) in [6.07, 6.45) is 5.72. The zero-order valence-electron chi connectivity index (χ0n) is 14.7. The summed E-state index contributed by atoms with van der Waals surface area (Å²) < 4.78 is 3.77. The van der Waals surface area contributed by atoms with E-state index >= 15 is 0 Å². The Morgan fingerprint density at radius 2 is 1.88 bits per heavy atom. The molecule has 0 fully saturated rings. The number of thiazole rings is 1. The van der Waals surface area contributed by atoms with Gasteiger partial charge < -0.3 is 4.90 Å². The Balaban J connectivity index is 1.54. The fourth-order valence-corrected chi connectivity index (χ4v) is 6.01. The third-order valence-corrected chi connectivity index (χ3v) is 7.13. The van der Waals surface area contributed by atoms with E-state index in [0.29, 0.717) is 5.37 Å². The highest BCUT2D eigenvalue weighted by Gasteiger charge is 2.27. The molecule has 1 unspecified atom stereocenters. The molecule has 1 aliphatic heterocycles. The van der Waals surface area contributed by atoms with Crippen LogP contribution in [0.3, 0.4) is 0 Å². The lowest BCUT2D eigenvalue weighted by Crippen LogP contribution is -2.33. The van der Waals surface area contributed by atoms with Gasteiger partial charge in [-0.25, -0.2) is 0 Å². The number of para-hydroxylation sites is 2. The van der Waals surface area contributed by atoms with Gasteiger partial charge >= 0.3 is 0 Å². The Labute approximate surface area is 157 Å². The molecule has 0 radical (unpaired) electrons. The third-order valence-electron chi connectivity index (χ3n) is 4.68. The van der Waals surface area contributed by atoms with Crippen LogP contribution >= 0.6 is 23.1 Å². The highest BCUT2D eigenvalue weighted by Crippen LogP contribution is 2.44. The van der Waals surface area contributed by atoms with Crippen molar-refractivity contribution in [3.05, 3.63) is 59.6 Å². The molecule has 1 aliphatic rings. The van der Waals surface area contributed by atoms with Crippen molar-refractivity contribution in [2.24, 2.45) is 0 Å². The zero-order chi connectivity index (χ0) is 17.2. The number of hydrogen-bond acceptors (Lipinski definition) is 3. The predicted molar refractivity (Wildman–Crippen MR) is 110 cm³/mol. The van der Waals surface area contributed by atoms with Crippen molar-refractivity contribution in [3.63, 3.8) is 0 Å². The Morgan fingerprint density at radius 1 is 1.08 bits per heavy atom. The number of hydrogen-bond donors (Lipinski definition) is 0. The van der Waals surface area contributed by atoms with Crippen LogP contribution in [0.4, 0.5) is 5.69 Å². The Bertz CT molecular complexity index is 913. The van der Waals surface area contributed by atoms with E-state index in [0.717, 1.165) is 19.5 Å². The maximum atomic E-state index is 2.52. The lowest BCUT2D eigenvalue weighted by Gasteiger charge is -2.23. The first-order valence-corrected chi connectivity index (χ1v) is 10.6. The molecule has 4 rings (SSSR count). The number of fused-ring (bicyclic) bond motifs is 2. The van der Waals surface area contributed by atoms with Crippen molar-refractivity contribution >= 4 is 45.1 Å². The van der Waals surface area contributed by atoms with Gasteiger partial charge in [-0.3, -0.25) is 0 Å². The van der Waals surface area contributed by atoms with Gasteiger partial charge in [0.15, 0.2) is 0 Å². The summed E-state index contributed by atoms with van der Waals surface area (Å²) in [5, 5.41) is 1.84. The predicted octanol–water partition coefficient (Wildman–Crippen LogP) is 5.57. The fourth-order valence-electron chi connectivity index (χ4n) is 3.50. The van der Waals surface area contributed by atoms with Crippen LogP contribution < -0.4 is 9.47 Å². The second-order valence-corrected chi connectivity index (χ2v) is 8.40. The highest BCUT2D eigenvalue weighted by atomic mass is 32.2. The van der Waals surface area contributed by atoms with Crippen LogP contribution in [0.1, 0.15) is 25.3 Å². The van der Waals surface area contributed by atoms with Crippen LogP contribution in [0.2, 0.25) is 0 Å². The van der Waals surface area contributed by atoms with Crippen molar-refractivity contribution < 1.29 is 4.57 Å². The molecule has 0 saturated carbocycles. The molecule has 4 heteroatoms. The molecule has 3 aromatic rings. The molecule has 0 spiro atoms. The highest BCUT2D eigenvalue weighted by molar-refractivity contribution is 8.00. The monoisotopic (exact) mass is 367 g/mol. The van der Waals surface area contributed by atoms with E-state index in [1.807, 2.05) is 23.1 Å². The van der Waals surface area contributed by atoms with Crippen LogP contribution in [0, 0.1) is 0 Å². The molecular weight excluding hydrogens is 344 g/mol. The van der Waals surface area contributed by atoms with Gasteiger partial charge in [-0.05, 0) is 38.5 Å². The third kappa shape index (κ3) is 3.09. The van der Waals surface area contributed by atoms with Gasteiger partial charge in [-0.15, -0.1) is 0 Å². The number of rotatable bonds is 5. The smallest absolute Gasteiger partial charge is 0.262 e. The average molecular weight is 368 g/mol. The number of aryl methyl sites for hydroxylation is 1. The fraction of sp³-hybridized carbons (Fsp3) is 0.286. The van der Waals surface area contributed by atoms with E-state index < -0.39 is 0 Å². The van der Waals surface area contributed by atoms with Gasteiger partial charge in [0.1, 0.15) is 11.2 Å². The van der Waals surface area contributed by atoms with Gasteiger partial charge in [0, 0.05) is 23.6 Å². The zero-order valence-corrected chi connectivity index (χ0v) is 16.3. The summed E-state index contributed by atoms with van der Waals surface area (Å²) in [6.45, 7) is 6.53.